The second-order valence-electron chi connectivity index (χ2n) is 5.99. The number of hydrogen-bond acceptors (Lipinski definition) is 4. The molecule has 0 aliphatic heterocycles. The Bertz CT molecular complexity index is 730. The second kappa shape index (κ2) is 9.57. The van der Waals surface area contributed by atoms with Crippen LogP contribution in [0.4, 0.5) is 16.2 Å². The van der Waals surface area contributed by atoms with Crippen LogP contribution in [0, 0.1) is 6.92 Å². The molecule has 0 saturated carbocycles. The van der Waals surface area contributed by atoms with E-state index >= 15 is 0 Å². The maximum atomic E-state index is 12.1. The zero-order valence-corrected chi connectivity index (χ0v) is 15.3. The van der Waals surface area contributed by atoms with Gasteiger partial charge < -0.3 is 25.3 Å². The molecule has 2 aromatic rings. The first-order valence-corrected chi connectivity index (χ1v) is 8.42. The van der Waals surface area contributed by atoms with Crippen LogP contribution in [0.15, 0.2) is 36.9 Å². The van der Waals surface area contributed by atoms with Crippen LogP contribution >= 0.6 is 0 Å². The van der Waals surface area contributed by atoms with Gasteiger partial charge in [-0.3, -0.25) is 4.79 Å². The maximum absolute atomic E-state index is 12.1. The lowest BCUT2D eigenvalue weighted by Gasteiger charge is -2.15. The fourth-order valence-electron chi connectivity index (χ4n) is 2.46. The van der Waals surface area contributed by atoms with Crippen molar-refractivity contribution in [2.45, 2.75) is 26.3 Å². The summed E-state index contributed by atoms with van der Waals surface area (Å²) in [5.74, 6) is -0.245. The van der Waals surface area contributed by atoms with Gasteiger partial charge in [-0.05, 0) is 38.0 Å². The van der Waals surface area contributed by atoms with E-state index < -0.39 is 0 Å². The van der Waals surface area contributed by atoms with Crippen LogP contribution in [-0.4, -0.2) is 41.8 Å². The third-order valence-corrected chi connectivity index (χ3v) is 4.01. The highest BCUT2D eigenvalue weighted by Crippen LogP contribution is 2.23. The lowest BCUT2D eigenvalue weighted by molar-refractivity contribution is -0.119. The van der Waals surface area contributed by atoms with E-state index in [1.165, 1.54) is 7.11 Å². The molecule has 1 aromatic heterocycles. The molecule has 140 valence electrons. The molecule has 0 fully saturated rings. The molecule has 2 rings (SSSR count). The van der Waals surface area contributed by atoms with E-state index in [1.54, 1.807) is 30.7 Å². The quantitative estimate of drug-likeness (QED) is 0.675. The van der Waals surface area contributed by atoms with Crippen molar-refractivity contribution in [3.05, 3.63) is 42.5 Å². The van der Waals surface area contributed by atoms with E-state index in [0.29, 0.717) is 17.9 Å². The Morgan fingerprint density at radius 1 is 1.27 bits per heavy atom. The van der Waals surface area contributed by atoms with Crippen LogP contribution in [0.1, 0.15) is 24.9 Å². The summed E-state index contributed by atoms with van der Waals surface area (Å²) in [7, 11) is 1.46. The molecule has 3 N–H and O–H groups in total. The number of hydrogen-bond donors (Lipinski definition) is 3. The van der Waals surface area contributed by atoms with Crippen LogP contribution < -0.4 is 16.0 Å². The highest BCUT2D eigenvalue weighted by atomic mass is 16.5. The van der Waals surface area contributed by atoms with Gasteiger partial charge in [0.25, 0.3) is 0 Å². The lowest BCUT2D eigenvalue weighted by atomic mass is 10.1. The number of nitrogens with one attached hydrogen (secondary N) is 3. The molecule has 8 nitrogen and oxygen atoms in total. The van der Waals surface area contributed by atoms with Crippen molar-refractivity contribution in [3.8, 4) is 0 Å². The van der Waals surface area contributed by atoms with Crippen molar-refractivity contribution in [3.63, 3.8) is 0 Å². The Kier molecular flexibility index (Phi) is 7.16. The van der Waals surface area contributed by atoms with E-state index in [-0.39, 0.29) is 24.6 Å². The van der Waals surface area contributed by atoms with Gasteiger partial charge in [0, 0.05) is 43.5 Å². The van der Waals surface area contributed by atoms with Gasteiger partial charge in [0.2, 0.25) is 5.91 Å². The normalized spacial score (nSPS) is 11.7. The highest BCUT2D eigenvalue weighted by Gasteiger charge is 2.10. The van der Waals surface area contributed by atoms with Crippen molar-refractivity contribution < 1.29 is 14.3 Å². The Morgan fingerprint density at radius 2 is 2.00 bits per heavy atom. The molecule has 0 aliphatic carbocycles. The number of nitrogens with zero attached hydrogens (tertiary/aromatic N) is 2. The van der Waals surface area contributed by atoms with E-state index in [0.717, 1.165) is 12.0 Å². The van der Waals surface area contributed by atoms with Gasteiger partial charge in [-0.1, -0.05) is 6.07 Å². The predicted molar refractivity (Wildman–Crippen MR) is 100 cm³/mol. The first kappa shape index (κ1) is 19.5. The monoisotopic (exact) mass is 359 g/mol. The van der Waals surface area contributed by atoms with E-state index in [1.807, 2.05) is 17.7 Å². The summed E-state index contributed by atoms with van der Waals surface area (Å²) >= 11 is 0. The minimum Gasteiger partial charge on any atom is -0.375 e. The standard InChI is InChI=1S/C18H25N5O3/c1-13(23-10-9-19-12-23)7-8-20-18(25)22-16-6-4-5-15(14(16)2)21-17(24)11-26-3/h4-6,9-10,12-13H,7-8,11H2,1-3H3,(H,21,24)(H2,20,22,25). The Labute approximate surface area is 152 Å². The van der Waals surface area contributed by atoms with Crippen LogP contribution in [0.3, 0.4) is 0 Å². The molecule has 26 heavy (non-hydrogen) atoms. The number of aromatic nitrogens is 2. The topological polar surface area (TPSA) is 97.3 Å². The number of carbonyl (C=O) groups is 2. The Morgan fingerprint density at radius 3 is 2.65 bits per heavy atom. The summed E-state index contributed by atoms with van der Waals surface area (Å²) in [5.41, 5.74) is 2.05. The molecule has 0 aliphatic rings. The predicted octanol–water partition coefficient (Wildman–Crippen LogP) is 2.55. The number of methoxy groups -OCH3 is 1. The molecular weight excluding hydrogens is 334 g/mol. The van der Waals surface area contributed by atoms with Gasteiger partial charge >= 0.3 is 6.03 Å². The minimum absolute atomic E-state index is 0.0211. The zero-order chi connectivity index (χ0) is 18.9. The van der Waals surface area contributed by atoms with Crippen molar-refractivity contribution in [2.75, 3.05) is 30.9 Å². The van der Waals surface area contributed by atoms with Crippen molar-refractivity contribution >= 4 is 23.3 Å². The van der Waals surface area contributed by atoms with Crippen molar-refractivity contribution in [1.82, 2.24) is 14.9 Å². The van der Waals surface area contributed by atoms with E-state index in [2.05, 4.69) is 27.9 Å². The summed E-state index contributed by atoms with van der Waals surface area (Å²) < 4.78 is 6.80. The third-order valence-electron chi connectivity index (χ3n) is 4.01. The van der Waals surface area contributed by atoms with Gasteiger partial charge in [-0.25, -0.2) is 9.78 Å². The van der Waals surface area contributed by atoms with Gasteiger partial charge in [-0.2, -0.15) is 0 Å². The van der Waals surface area contributed by atoms with Crippen molar-refractivity contribution in [1.29, 1.82) is 0 Å². The molecular formula is C18H25N5O3. The fraction of sp³-hybridized carbons (Fsp3) is 0.389. The summed E-state index contributed by atoms with van der Waals surface area (Å²) in [6.07, 6.45) is 6.18. The van der Waals surface area contributed by atoms with Crippen LogP contribution in [0.25, 0.3) is 0 Å². The number of rotatable bonds is 8. The summed E-state index contributed by atoms with van der Waals surface area (Å²) in [4.78, 5) is 27.8. The first-order valence-electron chi connectivity index (χ1n) is 8.42. The molecule has 0 bridgehead atoms. The van der Waals surface area contributed by atoms with Gasteiger partial charge in [0.15, 0.2) is 0 Å². The average Bonchev–Trinajstić information content (AvgIpc) is 3.13. The van der Waals surface area contributed by atoms with Gasteiger partial charge in [-0.15, -0.1) is 0 Å². The highest BCUT2D eigenvalue weighted by molar-refractivity contribution is 5.95. The SMILES string of the molecule is COCC(=O)Nc1cccc(NC(=O)NCCC(C)n2ccnc2)c1C. The van der Waals surface area contributed by atoms with Gasteiger partial charge in [0.1, 0.15) is 6.61 Å². The Balaban J connectivity index is 1.85. The molecule has 1 heterocycles. The van der Waals surface area contributed by atoms with E-state index in [9.17, 15) is 9.59 Å². The fourth-order valence-corrected chi connectivity index (χ4v) is 2.46. The molecule has 0 radical (unpaired) electrons. The molecule has 1 aromatic carbocycles. The number of ether oxygens (including phenoxy) is 1. The maximum Gasteiger partial charge on any atom is 0.319 e. The largest absolute Gasteiger partial charge is 0.375 e. The molecule has 0 saturated heterocycles. The van der Waals surface area contributed by atoms with Crippen LogP contribution in [0.5, 0.6) is 0 Å². The first-order chi connectivity index (χ1) is 12.5. The average molecular weight is 359 g/mol. The molecule has 8 heteroatoms. The minimum atomic E-state index is -0.286. The van der Waals surface area contributed by atoms with Gasteiger partial charge in [0.05, 0.1) is 6.33 Å². The molecule has 1 unspecified atom stereocenters. The van der Waals surface area contributed by atoms with Crippen LogP contribution in [-0.2, 0) is 9.53 Å². The Hall–Kier alpha value is -2.87. The summed E-state index contributed by atoms with van der Waals surface area (Å²) in [6, 6.07) is 5.30. The third kappa shape index (κ3) is 5.59. The number of urea groups is 1. The molecule has 3 amide bonds. The van der Waals surface area contributed by atoms with Crippen LogP contribution in [0.2, 0.25) is 0 Å². The number of anilines is 2. The smallest absolute Gasteiger partial charge is 0.319 e. The lowest BCUT2D eigenvalue weighted by Crippen LogP contribution is -2.31. The molecule has 0 spiro atoms. The number of imidazole rings is 1. The number of benzene rings is 1. The number of amides is 3. The zero-order valence-electron chi connectivity index (χ0n) is 15.3. The summed E-state index contributed by atoms with van der Waals surface area (Å²) in [5, 5.41) is 8.41. The number of carbonyl (C=O) groups excluding carboxylic acids is 2. The second-order valence-corrected chi connectivity index (χ2v) is 5.99. The van der Waals surface area contributed by atoms with E-state index in [4.69, 9.17) is 4.74 Å². The van der Waals surface area contributed by atoms with Crippen molar-refractivity contribution in [2.24, 2.45) is 0 Å². The summed E-state index contributed by atoms with van der Waals surface area (Å²) in [6.45, 7) is 4.41. The molecule has 1 atom stereocenters.